The van der Waals surface area contributed by atoms with E-state index in [4.69, 9.17) is 12.2 Å². The van der Waals surface area contributed by atoms with Crippen LogP contribution in [0.4, 0.5) is 18.9 Å². The summed E-state index contributed by atoms with van der Waals surface area (Å²) in [5.41, 5.74) is 2.77. The van der Waals surface area contributed by atoms with Gasteiger partial charge in [-0.3, -0.25) is 10.4 Å². The number of anilines is 1. The second kappa shape index (κ2) is 7.19. The number of para-hydroxylation sites is 1. The molecule has 0 aliphatic heterocycles. The van der Waals surface area contributed by atoms with E-state index in [0.29, 0.717) is 11.4 Å². The third-order valence-corrected chi connectivity index (χ3v) is 3.03. The Labute approximate surface area is 136 Å². The molecule has 1 heterocycles. The summed E-state index contributed by atoms with van der Waals surface area (Å²) in [7, 11) is 0. The van der Waals surface area contributed by atoms with Crippen LogP contribution in [0.5, 0.6) is 0 Å². The van der Waals surface area contributed by atoms with Crippen LogP contribution in [0.2, 0.25) is 0 Å². The molecule has 0 amide bonds. The van der Waals surface area contributed by atoms with Gasteiger partial charge in [-0.05, 0) is 43.4 Å². The Morgan fingerprint density at radius 2 is 1.83 bits per heavy atom. The lowest BCUT2D eigenvalue weighted by molar-refractivity contribution is -0.136. The number of hydrogen-bond acceptors (Lipinski definition) is 3. The molecule has 0 saturated heterocycles. The largest absolute Gasteiger partial charge is 0.418 e. The average molecular weight is 338 g/mol. The normalized spacial score (nSPS) is 11.9. The molecule has 0 bridgehead atoms. The Balaban J connectivity index is 2.07. The SMILES string of the molecule is CC(=NNC(=S)Nc1ccccc1C(F)(F)F)c1ccccn1. The molecule has 2 aromatic rings. The van der Waals surface area contributed by atoms with Gasteiger partial charge in [-0.1, -0.05) is 18.2 Å². The van der Waals surface area contributed by atoms with E-state index in [1.807, 2.05) is 0 Å². The van der Waals surface area contributed by atoms with Gasteiger partial charge < -0.3 is 5.32 Å². The number of pyridine rings is 1. The fraction of sp³-hybridized carbons (Fsp3) is 0.133. The van der Waals surface area contributed by atoms with E-state index in [9.17, 15) is 13.2 Å². The maximum Gasteiger partial charge on any atom is 0.418 e. The Morgan fingerprint density at radius 1 is 1.13 bits per heavy atom. The molecule has 0 unspecified atom stereocenters. The molecular weight excluding hydrogens is 325 g/mol. The van der Waals surface area contributed by atoms with Crippen LogP contribution >= 0.6 is 12.2 Å². The number of halogens is 3. The van der Waals surface area contributed by atoms with Crippen molar-refractivity contribution in [1.29, 1.82) is 0 Å². The number of hydrazone groups is 1. The molecule has 4 nitrogen and oxygen atoms in total. The van der Waals surface area contributed by atoms with E-state index in [-0.39, 0.29) is 10.8 Å². The minimum Gasteiger partial charge on any atom is -0.331 e. The molecule has 8 heteroatoms. The van der Waals surface area contributed by atoms with Gasteiger partial charge in [0.15, 0.2) is 5.11 Å². The summed E-state index contributed by atoms with van der Waals surface area (Å²) in [5, 5.41) is 6.45. The monoisotopic (exact) mass is 338 g/mol. The molecule has 2 rings (SSSR count). The second-order valence-electron chi connectivity index (χ2n) is 4.52. The van der Waals surface area contributed by atoms with Gasteiger partial charge in [0.1, 0.15) is 0 Å². The number of nitrogens with one attached hydrogen (secondary N) is 2. The first-order chi connectivity index (χ1) is 10.9. The highest BCUT2D eigenvalue weighted by Gasteiger charge is 2.33. The Morgan fingerprint density at radius 3 is 2.48 bits per heavy atom. The van der Waals surface area contributed by atoms with Crippen molar-refractivity contribution >= 4 is 28.7 Å². The van der Waals surface area contributed by atoms with Crippen molar-refractivity contribution in [3.05, 3.63) is 59.9 Å². The van der Waals surface area contributed by atoms with E-state index < -0.39 is 11.7 Å². The minimum absolute atomic E-state index is 0.0445. The molecule has 0 atom stereocenters. The summed E-state index contributed by atoms with van der Waals surface area (Å²) >= 11 is 4.97. The Kier molecular flexibility index (Phi) is 5.28. The first kappa shape index (κ1) is 16.9. The number of nitrogens with zero attached hydrogens (tertiary/aromatic N) is 2. The summed E-state index contributed by atoms with van der Waals surface area (Å²) in [6, 6.07) is 10.4. The van der Waals surface area contributed by atoms with Crippen molar-refractivity contribution < 1.29 is 13.2 Å². The number of thiocarbonyl (C=S) groups is 1. The molecule has 0 spiro atoms. The minimum atomic E-state index is -4.47. The van der Waals surface area contributed by atoms with E-state index in [0.717, 1.165) is 6.07 Å². The predicted octanol–water partition coefficient (Wildman–Crippen LogP) is 3.81. The summed E-state index contributed by atoms with van der Waals surface area (Å²) < 4.78 is 38.7. The topological polar surface area (TPSA) is 49.3 Å². The second-order valence-corrected chi connectivity index (χ2v) is 4.93. The van der Waals surface area contributed by atoms with Gasteiger partial charge >= 0.3 is 6.18 Å². The van der Waals surface area contributed by atoms with Crippen LogP contribution < -0.4 is 10.7 Å². The third kappa shape index (κ3) is 4.75. The zero-order chi connectivity index (χ0) is 16.9. The van der Waals surface area contributed by atoms with Crippen molar-refractivity contribution in [2.75, 3.05) is 5.32 Å². The molecule has 0 aliphatic carbocycles. The Bertz CT molecular complexity index is 714. The van der Waals surface area contributed by atoms with Crippen LogP contribution in [0, 0.1) is 0 Å². The van der Waals surface area contributed by atoms with Crippen molar-refractivity contribution in [3.63, 3.8) is 0 Å². The summed E-state index contributed by atoms with van der Waals surface area (Å²) in [6.07, 6.45) is -2.85. The number of hydrogen-bond donors (Lipinski definition) is 2. The molecule has 0 saturated carbocycles. The molecule has 120 valence electrons. The fourth-order valence-corrected chi connectivity index (χ4v) is 1.91. The lowest BCUT2D eigenvalue weighted by Gasteiger charge is -2.14. The summed E-state index contributed by atoms with van der Waals surface area (Å²) in [6.45, 7) is 1.71. The molecule has 1 aromatic carbocycles. The van der Waals surface area contributed by atoms with Crippen LogP contribution in [0.15, 0.2) is 53.8 Å². The van der Waals surface area contributed by atoms with Crippen LogP contribution in [0.1, 0.15) is 18.2 Å². The lowest BCUT2D eigenvalue weighted by Crippen LogP contribution is -2.26. The summed E-state index contributed by atoms with van der Waals surface area (Å²) in [4.78, 5) is 4.10. The molecule has 1 aromatic heterocycles. The van der Waals surface area contributed by atoms with Crippen LogP contribution in [0.3, 0.4) is 0 Å². The van der Waals surface area contributed by atoms with Gasteiger partial charge in [-0.2, -0.15) is 18.3 Å². The number of aromatic nitrogens is 1. The average Bonchev–Trinajstić information content (AvgIpc) is 2.53. The number of alkyl halides is 3. The van der Waals surface area contributed by atoms with Gasteiger partial charge in [-0.25, -0.2) is 0 Å². The molecule has 0 fully saturated rings. The third-order valence-electron chi connectivity index (χ3n) is 2.84. The van der Waals surface area contributed by atoms with Crippen LogP contribution in [-0.4, -0.2) is 15.8 Å². The van der Waals surface area contributed by atoms with Gasteiger partial charge in [-0.15, -0.1) is 0 Å². The van der Waals surface area contributed by atoms with Crippen molar-refractivity contribution in [1.82, 2.24) is 10.4 Å². The van der Waals surface area contributed by atoms with Gasteiger partial charge in [0.2, 0.25) is 0 Å². The Hall–Kier alpha value is -2.48. The van der Waals surface area contributed by atoms with Crippen LogP contribution in [-0.2, 0) is 6.18 Å². The van der Waals surface area contributed by atoms with Crippen molar-refractivity contribution in [2.24, 2.45) is 5.10 Å². The van der Waals surface area contributed by atoms with Gasteiger partial charge in [0.25, 0.3) is 0 Å². The first-order valence-corrected chi connectivity index (χ1v) is 6.97. The maximum absolute atomic E-state index is 12.9. The molecule has 2 N–H and O–H groups in total. The fourth-order valence-electron chi connectivity index (χ4n) is 1.76. The van der Waals surface area contributed by atoms with Crippen LogP contribution in [0.25, 0.3) is 0 Å². The molecule has 0 radical (unpaired) electrons. The smallest absolute Gasteiger partial charge is 0.331 e. The molecular formula is C15H13F3N4S. The predicted molar refractivity (Wildman–Crippen MR) is 87.2 cm³/mol. The van der Waals surface area contributed by atoms with E-state index in [1.54, 1.807) is 31.3 Å². The number of rotatable bonds is 3. The standard InChI is InChI=1S/C15H13F3N4S/c1-10(12-7-4-5-9-19-12)21-22-14(23)20-13-8-3-2-6-11(13)15(16,17)18/h2-9H,1H3,(H2,20,22,23). The molecule has 0 aliphatic rings. The highest BCUT2D eigenvalue weighted by molar-refractivity contribution is 7.80. The number of benzene rings is 1. The quantitative estimate of drug-likeness (QED) is 0.508. The highest BCUT2D eigenvalue weighted by Crippen LogP contribution is 2.34. The van der Waals surface area contributed by atoms with Crippen molar-refractivity contribution in [3.8, 4) is 0 Å². The van der Waals surface area contributed by atoms with Crippen molar-refractivity contribution in [2.45, 2.75) is 13.1 Å². The highest BCUT2D eigenvalue weighted by atomic mass is 32.1. The van der Waals surface area contributed by atoms with E-state index in [2.05, 4.69) is 20.8 Å². The van der Waals surface area contributed by atoms with E-state index in [1.165, 1.54) is 18.2 Å². The molecule has 23 heavy (non-hydrogen) atoms. The summed E-state index contributed by atoms with van der Waals surface area (Å²) in [5.74, 6) is 0. The first-order valence-electron chi connectivity index (χ1n) is 6.57. The van der Waals surface area contributed by atoms with Gasteiger partial charge in [0.05, 0.1) is 22.7 Å². The zero-order valence-corrected chi connectivity index (χ0v) is 12.9. The van der Waals surface area contributed by atoms with E-state index >= 15 is 0 Å². The zero-order valence-electron chi connectivity index (χ0n) is 12.1. The lowest BCUT2D eigenvalue weighted by atomic mass is 10.2. The maximum atomic E-state index is 12.9. The van der Waals surface area contributed by atoms with Gasteiger partial charge in [0, 0.05) is 6.20 Å².